The lowest BCUT2D eigenvalue weighted by atomic mass is 9.80. The molecule has 15 heavy (non-hydrogen) atoms. The second kappa shape index (κ2) is 4.85. The van der Waals surface area contributed by atoms with E-state index in [-0.39, 0.29) is 21.4 Å². The summed E-state index contributed by atoms with van der Waals surface area (Å²) in [7, 11) is -1.74. The topological polar surface area (TPSA) is 69.6 Å². The average Bonchev–Trinajstić information content (AvgIpc) is 1.99. The van der Waals surface area contributed by atoms with Gasteiger partial charge in [-0.25, -0.2) is 0 Å². The lowest BCUT2D eigenvalue weighted by Gasteiger charge is -2.09. The maximum absolute atomic E-state index is 10.8. The first-order chi connectivity index (χ1) is 6.91. The van der Waals surface area contributed by atoms with E-state index in [1.165, 1.54) is 19.1 Å². The number of carbonyl (C=O) groups is 1. The number of benzene rings is 1. The van der Waals surface area contributed by atoms with Gasteiger partial charge in [-0.3, -0.25) is 4.79 Å². The first-order valence-electron chi connectivity index (χ1n) is 4.04. The number of rotatable bonds is 2. The maximum atomic E-state index is 10.8. The first kappa shape index (κ1) is 12.3. The van der Waals surface area contributed by atoms with Gasteiger partial charge in [-0.05, 0) is 12.1 Å². The fourth-order valence-corrected chi connectivity index (χ4v) is 1.79. The summed E-state index contributed by atoms with van der Waals surface area (Å²) in [5, 5.41) is 20.6. The molecule has 0 saturated heterocycles. The van der Waals surface area contributed by atoms with Crippen molar-refractivity contribution in [3.05, 3.63) is 22.2 Å². The number of halogens is 2. The summed E-state index contributed by atoms with van der Waals surface area (Å²) in [4.78, 5) is 10.8. The van der Waals surface area contributed by atoms with E-state index in [9.17, 15) is 4.79 Å². The Hall–Kier alpha value is -0.745. The van der Waals surface area contributed by atoms with E-state index >= 15 is 0 Å². The minimum Gasteiger partial charge on any atom is -0.423 e. The predicted octanol–water partition coefficient (Wildman–Crippen LogP) is 0.632. The third-order valence-electron chi connectivity index (χ3n) is 1.66. The second-order valence-electron chi connectivity index (χ2n) is 2.91. The van der Waals surface area contributed by atoms with Crippen LogP contribution < -0.4 is 10.8 Å². The number of hydrogen-bond donors (Lipinski definition) is 3. The Bertz CT molecular complexity index is 374. The summed E-state index contributed by atoms with van der Waals surface area (Å²) >= 11 is 11.5. The van der Waals surface area contributed by atoms with Crippen molar-refractivity contribution < 1.29 is 14.8 Å². The predicted molar refractivity (Wildman–Crippen MR) is 60.6 cm³/mol. The number of nitrogens with one attached hydrogen (secondary N) is 1. The SMILES string of the molecule is CC(=O)Nc1cc(Cl)c(B(O)O)c(Cl)c1. The summed E-state index contributed by atoms with van der Waals surface area (Å²) < 4.78 is 0. The molecule has 80 valence electrons. The molecule has 0 heterocycles. The van der Waals surface area contributed by atoms with Crippen LogP contribution in [-0.4, -0.2) is 23.1 Å². The molecule has 0 aliphatic rings. The molecule has 7 heteroatoms. The van der Waals surface area contributed by atoms with Gasteiger partial charge in [-0.2, -0.15) is 0 Å². The highest BCUT2D eigenvalue weighted by molar-refractivity contribution is 6.66. The molecule has 0 bridgehead atoms. The van der Waals surface area contributed by atoms with Gasteiger partial charge >= 0.3 is 7.12 Å². The second-order valence-corrected chi connectivity index (χ2v) is 3.72. The number of hydrogen-bond acceptors (Lipinski definition) is 3. The largest absolute Gasteiger partial charge is 0.491 e. The van der Waals surface area contributed by atoms with Gasteiger partial charge in [0.25, 0.3) is 0 Å². The van der Waals surface area contributed by atoms with Crippen LogP contribution in [-0.2, 0) is 4.79 Å². The van der Waals surface area contributed by atoms with Gasteiger partial charge in [0.2, 0.25) is 5.91 Å². The maximum Gasteiger partial charge on any atom is 0.491 e. The van der Waals surface area contributed by atoms with E-state index in [4.69, 9.17) is 33.2 Å². The Kier molecular flexibility index (Phi) is 3.99. The summed E-state index contributed by atoms with van der Waals surface area (Å²) in [6.07, 6.45) is 0. The van der Waals surface area contributed by atoms with E-state index in [0.717, 1.165) is 0 Å². The van der Waals surface area contributed by atoms with Crippen LogP contribution in [0.2, 0.25) is 10.0 Å². The molecule has 1 rings (SSSR count). The van der Waals surface area contributed by atoms with Crippen LogP contribution in [0, 0.1) is 0 Å². The molecule has 0 atom stereocenters. The summed E-state index contributed by atoms with van der Waals surface area (Å²) in [5.41, 5.74) is 0.425. The molecule has 0 aromatic heterocycles. The third-order valence-corrected chi connectivity index (χ3v) is 2.28. The molecule has 3 N–H and O–H groups in total. The molecule has 0 spiro atoms. The van der Waals surface area contributed by atoms with Gasteiger partial charge in [0.1, 0.15) is 0 Å². The summed E-state index contributed by atoms with van der Waals surface area (Å²) in [6, 6.07) is 2.78. The summed E-state index contributed by atoms with van der Waals surface area (Å²) in [6.45, 7) is 1.34. The van der Waals surface area contributed by atoms with Gasteiger partial charge in [0.15, 0.2) is 0 Å². The number of carbonyl (C=O) groups excluding carboxylic acids is 1. The Balaban J connectivity index is 3.13. The fourth-order valence-electron chi connectivity index (χ4n) is 1.11. The van der Waals surface area contributed by atoms with Crippen LogP contribution in [0.25, 0.3) is 0 Å². The van der Waals surface area contributed by atoms with Crippen LogP contribution in [0.5, 0.6) is 0 Å². The molecule has 1 aromatic rings. The molecule has 1 aromatic carbocycles. The van der Waals surface area contributed by atoms with E-state index < -0.39 is 7.12 Å². The van der Waals surface area contributed by atoms with Crippen LogP contribution in [0.4, 0.5) is 5.69 Å². The molecule has 0 radical (unpaired) electrons. The highest BCUT2D eigenvalue weighted by Gasteiger charge is 2.20. The standard InChI is InChI=1S/C8H8BCl2NO3/c1-4(13)12-5-2-6(10)8(9(14)15)7(11)3-5/h2-3,14-15H,1H3,(H,12,13). The van der Waals surface area contributed by atoms with Crippen LogP contribution in [0.3, 0.4) is 0 Å². The quantitative estimate of drug-likeness (QED) is 0.672. The molecule has 0 saturated carbocycles. The number of anilines is 1. The Labute approximate surface area is 97.0 Å². The monoisotopic (exact) mass is 247 g/mol. The van der Waals surface area contributed by atoms with Crippen molar-refractivity contribution in [1.29, 1.82) is 0 Å². The van der Waals surface area contributed by atoms with Gasteiger partial charge in [-0.1, -0.05) is 23.2 Å². The number of amides is 1. The highest BCUT2D eigenvalue weighted by Crippen LogP contribution is 2.20. The minimum atomic E-state index is -1.74. The van der Waals surface area contributed by atoms with Gasteiger partial charge < -0.3 is 15.4 Å². The zero-order valence-electron chi connectivity index (χ0n) is 7.79. The van der Waals surface area contributed by atoms with E-state index in [1.54, 1.807) is 0 Å². The zero-order chi connectivity index (χ0) is 11.6. The molecule has 0 unspecified atom stereocenters. The summed E-state index contributed by atoms with van der Waals surface area (Å²) in [5.74, 6) is -0.264. The van der Waals surface area contributed by atoms with Gasteiger partial charge in [-0.15, -0.1) is 0 Å². The zero-order valence-corrected chi connectivity index (χ0v) is 9.30. The van der Waals surface area contributed by atoms with Crippen LogP contribution >= 0.6 is 23.2 Å². The molecule has 4 nitrogen and oxygen atoms in total. The minimum absolute atomic E-state index is 0.0208. The normalized spacial score (nSPS) is 9.93. The molecule has 1 amide bonds. The van der Waals surface area contributed by atoms with Gasteiger partial charge in [0.05, 0.1) is 0 Å². The lowest BCUT2D eigenvalue weighted by molar-refractivity contribution is -0.114. The fraction of sp³-hybridized carbons (Fsp3) is 0.125. The van der Waals surface area contributed by atoms with Crippen LogP contribution in [0.15, 0.2) is 12.1 Å². The Morgan fingerprint density at radius 1 is 1.33 bits per heavy atom. The highest BCUT2D eigenvalue weighted by atomic mass is 35.5. The average molecular weight is 248 g/mol. The molecule has 0 fully saturated rings. The molecular formula is C8H8BCl2NO3. The van der Waals surface area contributed by atoms with Crippen molar-refractivity contribution in [1.82, 2.24) is 0 Å². The first-order valence-corrected chi connectivity index (χ1v) is 4.80. The van der Waals surface area contributed by atoms with Crippen molar-refractivity contribution in [2.45, 2.75) is 6.92 Å². The van der Waals surface area contributed by atoms with E-state index in [0.29, 0.717) is 5.69 Å². The van der Waals surface area contributed by atoms with Crippen LogP contribution in [0.1, 0.15) is 6.92 Å². The smallest absolute Gasteiger partial charge is 0.423 e. The Morgan fingerprint density at radius 2 is 1.80 bits per heavy atom. The molecule has 0 aliphatic heterocycles. The van der Waals surface area contributed by atoms with Crippen molar-refractivity contribution in [3.63, 3.8) is 0 Å². The van der Waals surface area contributed by atoms with Crippen molar-refractivity contribution in [2.75, 3.05) is 5.32 Å². The van der Waals surface area contributed by atoms with Gasteiger partial charge in [0, 0.05) is 28.1 Å². The van der Waals surface area contributed by atoms with Crippen molar-refractivity contribution in [3.8, 4) is 0 Å². The molecule has 0 aliphatic carbocycles. The van der Waals surface area contributed by atoms with E-state index in [1.807, 2.05) is 0 Å². The van der Waals surface area contributed by atoms with Crippen molar-refractivity contribution >= 4 is 47.4 Å². The lowest BCUT2D eigenvalue weighted by Crippen LogP contribution is -2.32. The Morgan fingerprint density at radius 3 is 2.13 bits per heavy atom. The molecular weight excluding hydrogens is 240 g/mol. The van der Waals surface area contributed by atoms with Crippen molar-refractivity contribution in [2.24, 2.45) is 0 Å². The van der Waals surface area contributed by atoms with E-state index in [2.05, 4.69) is 5.32 Å². The third kappa shape index (κ3) is 3.10.